The lowest BCUT2D eigenvalue weighted by Crippen LogP contribution is -2.17. The van der Waals surface area contributed by atoms with Gasteiger partial charge in [0.1, 0.15) is 5.84 Å². The number of methoxy groups -OCH3 is 1. The minimum atomic E-state index is -2.91. The number of nitrogens with zero attached hydrogens (tertiary/aromatic N) is 2. The van der Waals surface area contributed by atoms with E-state index < -0.39 is 6.61 Å². The molecule has 5 nitrogen and oxygen atoms in total. The Morgan fingerprint density at radius 1 is 1.21 bits per heavy atom. The topological polar surface area (TPSA) is 69.2 Å². The van der Waals surface area contributed by atoms with Crippen molar-refractivity contribution in [3.8, 4) is 11.5 Å². The molecule has 0 aromatic heterocycles. The van der Waals surface area contributed by atoms with Gasteiger partial charge in [-0.15, -0.1) is 5.10 Å². The lowest BCUT2D eigenvalue weighted by atomic mass is 10.0. The normalized spacial score (nSPS) is 14.9. The lowest BCUT2D eigenvalue weighted by Gasteiger charge is -2.13. The van der Waals surface area contributed by atoms with Crippen LogP contribution in [0.15, 0.2) is 28.4 Å². The molecule has 2 N–H and O–H groups in total. The van der Waals surface area contributed by atoms with Gasteiger partial charge in [-0.3, -0.25) is 0 Å². The van der Waals surface area contributed by atoms with Crippen LogP contribution >= 0.6 is 0 Å². The number of hydrogen-bond acceptors (Lipinski definition) is 5. The highest BCUT2D eigenvalue weighted by Crippen LogP contribution is 2.30. The molecule has 0 bridgehead atoms. The molecule has 19 heavy (non-hydrogen) atoms. The van der Waals surface area contributed by atoms with E-state index in [1.807, 2.05) is 0 Å². The summed E-state index contributed by atoms with van der Waals surface area (Å²) < 4.78 is 34.0. The fourth-order valence-electron chi connectivity index (χ4n) is 1.72. The van der Waals surface area contributed by atoms with Crippen LogP contribution in [0.1, 0.15) is 18.4 Å². The maximum atomic E-state index is 12.3. The Hall–Kier alpha value is -2.18. The standard InChI is InChI=1S/C12H13F2N3O2/c1-18-9-4-2-7(6-10(9)19-12(13)14)8-3-5-11(15)17-16-8/h2,4,6,12H,3,5H2,1H3,(H2,15,17). The number of rotatable bonds is 4. The van der Waals surface area contributed by atoms with Crippen molar-refractivity contribution < 1.29 is 18.3 Å². The van der Waals surface area contributed by atoms with Crippen molar-refractivity contribution in [1.29, 1.82) is 0 Å². The van der Waals surface area contributed by atoms with Crippen molar-refractivity contribution in [2.45, 2.75) is 19.5 Å². The molecule has 0 spiro atoms. The van der Waals surface area contributed by atoms with Gasteiger partial charge in [0.15, 0.2) is 11.5 Å². The number of halogens is 2. The van der Waals surface area contributed by atoms with Gasteiger partial charge >= 0.3 is 6.61 Å². The molecule has 1 aliphatic rings. The Labute approximate surface area is 108 Å². The molecule has 0 radical (unpaired) electrons. The van der Waals surface area contributed by atoms with E-state index in [0.29, 0.717) is 30.0 Å². The third-order valence-corrected chi connectivity index (χ3v) is 2.63. The molecule has 7 heteroatoms. The molecule has 2 rings (SSSR count). The lowest BCUT2D eigenvalue weighted by molar-refractivity contribution is -0.0512. The largest absolute Gasteiger partial charge is 0.493 e. The molecule has 1 aromatic rings. The monoisotopic (exact) mass is 269 g/mol. The Bertz CT molecular complexity index is 530. The minimum absolute atomic E-state index is 0.0276. The second-order valence-corrected chi connectivity index (χ2v) is 3.88. The van der Waals surface area contributed by atoms with Crippen LogP contribution in [0.3, 0.4) is 0 Å². The molecule has 0 amide bonds. The Morgan fingerprint density at radius 3 is 2.58 bits per heavy atom. The summed E-state index contributed by atoms with van der Waals surface area (Å²) >= 11 is 0. The Morgan fingerprint density at radius 2 is 2.00 bits per heavy atom. The fraction of sp³-hybridized carbons (Fsp3) is 0.333. The van der Waals surface area contributed by atoms with E-state index in [4.69, 9.17) is 10.5 Å². The van der Waals surface area contributed by atoms with Gasteiger partial charge in [0.25, 0.3) is 0 Å². The van der Waals surface area contributed by atoms with E-state index in [2.05, 4.69) is 14.9 Å². The summed E-state index contributed by atoms with van der Waals surface area (Å²) in [4.78, 5) is 0. The maximum Gasteiger partial charge on any atom is 0.387 e. The van der Waals surface area contributed by atoms with Crippen molar-refractivity contribution in [1.82, 2.24) is 0 Å². The summed E-state index contributed by atoms with van der Waals surface area (Å²) in [6.07, 6.45) is 1.20. The van der Waals surface area contributed by atoms with E-state index in [1.54, 1.807) is 12.1 Å². The van der Waals surface area contributed by atoms with Gasteiger partial charge in [0.05, 0.1) is 12.8 Å². The van der Waals surface area contributed by atoms with Crippen molar-refractivity contribution in [2.24, 2.45) is 15.9 Å². The summed E-state index contributed by atoms with van der Waals surface area (Å²) in [5.74, 6) is 0.671. The second kappa shape index (κ2) is 5.64. The van der Waals surface area contributed by atoms with Gasteiger partial charge in [-0.25, -0.2) is 0 Å². The summed E-state index contributed by atoms with van der Waals surface area (Å²) in [6.45, 7) is -2.91. The molecule has 1 aromatic carbocycles. The smallest absolute Gasteiger partial charge is 0.387 e. The molecular formula is C12H13F2N3O2. The van der Waals surface area contributed by atoms with Crippen LogP contribution in [0.25, 0.3) is 0 Å². The maximum absolute atomic E-state index is 12.3. The van der Waals surface area contributed by atoms with E-state index >= 15 is 0 Å². The van der Waals surface area contributed by atoms with Gasteiger partial charge in [-0.05, 0) is 24.6 Å². The van der Waals surface area contributed by atoms with Crippen LogP contribution in [-0.2, 0) is 0 Å². The molecule has 0 saturated heterocycles. The quantitative estimate of drug-likeness (QED) is 0.910. The predicted molar refractivity (Wildman–Crippen MR) is 67.0 cm³/mol. The third-order valence-electron chi connectivity index (χ3n) is 2.63. The number of alkyl halides is 2. The first kappa shape index (κ1) is 13.3. The van der Waals surface area contributed by atoms with E-state index in [0.717, 1.165) is 0 Å². The van der Waals surface area contributed by atoms with Gasteiger partial charge in [-0.2, -0.15) is 13.9 Å². The molecule has 0 atom stereocenters. The summed E-state index contributed by atoms with van der Waals surface area (Å²) in [5, 5.41) is 7.74. The van der Waals surface area contributed by atoms with Gasteiger partial charge in [0.2, 0.25) is 0 Å². The summed E-state index contributed by atoms with van der Waals surface area (Å²) in [5.41, 5.74) is 6.85. The molecule has 0 unspecified atom stereocenters. The third kappa shape index (κ3) is 3.18. The SMILES string of the molecule is COc1ccc(C2=NN=C(N)CC2)cc1OC(F)F. The highest BCUT2D eigenvalue weighted by Gasteiger charge is 2.15. The zero-order valence-electron chi connectivity index (χ0n) is 10.3. The average Bonchev–Trinajstić information content (AvgIpc) is 2.39. The number of nitrogens with two attached hydrogens (primary N) is 1. The minimum Gasteiger partial charge on any atom is -0.493 e. The van der Waals surface area contributed by atoms with Gasteiger partial charge in [0, 0.05) is 12.0 Å². The number of amidine groups is 1. The summed E-state index contributed by atoms with van der Waals surface area (Å²) in [6, 6.07) is 4.73. The van der Waals surface area contributed by atoms with Crippen LogP contribution in [0.4, 0.5) is 8.78 Å². The molecule has 0 saturated carbocycles. The molecular weight excluding hydrogens is 256 g/mol. The molecule has 102 valence electrons. The van der Waals surface area contributed by atoms with Gasteiger partial charge in [-0.1, -0.05) is 0 Å². The van der Waals surface area contributed by atoms with Crippen molar-refractivity contribution in [3.05, 3.63) is 23.8 Å². The van der Waals surface area contributed by atoms with E-state index in [9.17, 15) is 8.78 Å². The van der Waals surface area contributed by atoms with Crippen LogP contribution in [0, 0.1) is 0 Å². The molecule has 0 aliphatic carbocycles. The van der Waals surface area contributed by atoms with E-state index in [1.165, 1.54) is 13.2 Å². The molecule has 1 heterocycles. The van der Waals surface area contributed by atoms with Crippen LogP contribution in [-0.4, -0.2) is 25.3 Å². The highest BCUT2D eigenvalue weighted by molar-refractivity contribution is 6.04. The van der Waals surface area contributed by atoms with Gasteiger partial charge < -0.3 is 15.2 Å². The van der Waals surface area contributed by atoms with Crippen molar-refractivity contribution in [3.63, 3.8) is 0 Å². The van der Waals surface area contributed by atoms with Crippen LogP contribution < -0.4 is 15.2 Å². The first-order valence-electron chi connectivity index (χ1n) is 5.62. The number of hydrogen-bond donors (Lipinski definition) is 1. The van der Waals surface area contributed by atoms with Crippen LogP contribution in [0.5, 0.6) is 11.5 Å². The highest BCUT2D eigenvalue weighted by atomic mass is 19.3. The zero-order chi connectivity index (χ0) is 13.8. The Balaban J connectivity index is 2.32. The number of ether oxygens (including phenoxy) is 2. The number of benzene rings is 1. The van der Waals surface area contributed by atoms with Crippen molar-refractivity contribution >= 4 is 11.5 Å². The first-order valence-corrected chi connectivity index (χ1v) is 5.62. The average molecular weight is 269 g/mol. The van der Waals surface area contributed by atoms with Crippen LogP contribution in [0.2, 0.25) is 0 Å². The van der Waals surface area contributed by atoms with E-state index in [-0.39, 0.29) is 11.5 Å². The second-order valence-electron chi connectivity index (χ2n) is 3.88. The fourth-order valence-corrected chi connectivity index (χ4v) is 1.72. The first-order chi connectivity index (χ1) is 9.10. The zero-order valence-corrected chi connectivity index (χ0v) is 10.3. The molecule has 1 aliphatic heterocycles. The predicted octanol–water partition coefficient (Wildman–Crippen LogP) is 2.15. The summed E-state index contributed by atoms with van der Waals surface area (Å²) in [7, 11) is 1.39. The Kier molecular flexibility index (Phi) is 3.94. The van der Waals surface area contributed by atoms with Crippen molar-refractivity contribution in [2.75, 3.05) is 7.11 Å². The molecule has 0 fully saturated rings.